The predicted octanol–water partition coefficient (Wildman–Crippen LogP) is -2.72. The van der Waals surface area contributed by atoms with Crippen LogP contribution in [0.4, 0.5) is 4.39 Å². The largest absolute Gasteiger partial charge is 0.394 e. The normalized spacial score (nSPS) is 31.5. The van der Waals surface area contributed by atoms with Gasteiger partial charge in [-0.25, -0.2) is 9.18 Å². The Morgan fingerprint density at radius 3 is 2.48 bits per heavy atom. The van der Waals surface area contributed by atoms with E-state index in [1.54, 1.807) is 0 Å². The molecule has 5 N–H and O–H groups in total. The van der Waals surface area contributed by atoms with Gasteiger partial charge >= 0.3 is 5.69 Å². The predicted molar refractivity (Wildman–Crippen MR) is 76.9 cm³/mol. The fourth-order valence-electron chi connectivity index (χ4n) is 2.23. The summed E-state index contributed by atoms with van der Waals surface area (Å²) < 4.78 is 19.5. The van der Waals surface area contributed by atoms with Crippen LogP contribution in [0.1, 0.15) is 11.8 Å². The van der Waals surface area contributed by atoms with Gasteiger partial charge in [0.05, 0.1) is 6.61 Å². The average molecular weight is 372 g/mol. The van der Waals surface area contributed by atoms with Gasteiger partial charge in [-0.2, -0.15) is 4.34 Å². The number of rotatable bonds is 3. The number of alkyl halides is 1. The van der Waals surface area contributed by atoms with Crippen LogP contribution in [0.3, 0.4) is 0 Å². The van der Waals surface area contributed by atoms with Gasteiger partial charge in [-0.1, -0.05) is 0 Å². The van der Waals surface area contributed by atoms with Crippen molar-refractivity contribution in [2.24, 2.45) is 0 Å². The number of hydrogen-bond donors (Lipinski definition) is 5. The van der Waals surface area contributed by atoms with E-state index in [-0.39, 0.29) is 9.90 Å². The molecular formula is C10H14FN2O8PS. The Bertz CT molecular complexity index is 786. The molecule has 23 heavy (non-hydrogen) atoms. The van der Waals surface area contributed by atoms with Crippen molar-refractivity contribution in [3.63, 3.8) is 0 Å². The number of halogens is 1. The first-order valence-electron chi connectivity index (χ1n) is 6.19. The van der Waals surface area contributed by atoms with Gasteiger partial charge in [-0.15, -0.1) is 0 Å². The molecule has 10 nitrogen and oxygen atoms in total. The second-order valence-corrected chi connectivity index (χ2v) is 7.91. The monoisotopic (exact) mass is 372 g/mol. The highest BCUT2D eigenvalue weighted by molar-refractivity contribution is 8.08. The van der Waals surface area contributed by atoms with E-state index >= 15 is 0 Å². The van der Waals surface area contributed by atoms with Crippen LogP contribution in [-0.2, 0) is 16.5 Å². The van der Waals surface area contributed by atoms with Crippen molar-refractivity contribution >= 4 is 18.4 Å². The lowest BCUT2D eigenvalue weighted by molar-refractivity contribution is -0.197. The second-order valence-electron chi connectivity index (χ2n) is 5.01. The lowest BCUT2D eigenvalue weighted by Gasteiger charge is -2.24. The molecule has 0 unspecified atom stereocenters. The molecule has 0 bridgehead atoms. The molecular weight excluding hydrogens is 358 g/mol. The summed E-state index contributed by atoms with van der Waals surface area (Å²) in [5.74, 6) is -3.47. The molecule has 0 radical (unpaired) electrons. The van der Waals surface area contributed by atoms with Gasteiger partial charge < -0.3 is 29.8 Å². The number of hydrogen-bond acceptors (Lipinski definition) is 7. The third kappa shape index (κ3) is 2.92. The quantitative estimate of drug-likeness (QED) is 0.356. The molecule has 1 aliphatic heterocycles. The zero-order chi connectivity index (χ0) is 17.7. The Morgan fingerprint density at radius 2 is 2.04 bits per heavy atom. The van der Waals surface area contributed by atoms with Crippen LogP contribution in [0, 0.1) is 6.92 Å². The molecule has 0 spiro atoms. The fourth-order valence-corrected chi connectivity index (χ4v) is 3.38. The third-order valence-corrected chi connectivity index (χ3v) is 4.74. The van der Waals surface area contributed by atoms with Crippen LogP contribution in [0.15, 0.2) is 15.8 Å². The summed E-state index contributed by atoms with van der Waals surface area (Å²) in [4.78, 5) is 43.0. The molecule has 1 fully saturated rings. The number of nitrogens with zero attached hydrogens (tertiary/aromatic N) is 2. The molecule has 1 aromatic heterocycles. The van der Waals surface area contributed by atoms with Crippen LogP contribution in [0.25, 0.3) is 0 Å². The minimum absolute atomic E-state index is 0.0459. The van der Waals surface area contributed by atoms with Crippen molar-refractivity contribution in [1.29, 1.82) is 0 Å². The fraction of sp³-hybridized carbons (Fsp3) is 0.600. The van der Waals surface area contributed by atoms with E-state index in [9.17, 15) is 34.0 Å². The van der Waals surface area contributed by atoms with Gasteiger partial charge in [-0.05, 0) is 18.7 Å². The molecule has 1 saturated heterocycles. The molecule has 130 valence electrons. The van der Waals surface area contributed by atoms with Crippen molar-refractivity contribution in [3.05, 3.63) is 32.6 Å². The van der Waals surface area contributed by atoms with Gasteiger partial charge in [0.1, 0.15) is 12.2 Å². The van der Waals surface area contributed by atoms with Crippen LogP contribution in [-0.4, -0.2) is 58.7 Å². The Balaban J connectivity index is 2.71. The Kier molecular flexibility index (Phi) is 4.65. The Labute approximate surface area is 132 Å². The van der Waals surface area contributed by atoms with Crippen LogP contribution in [0.2, 0.25) is 0 Å². The highest BCUT2D eigenvalue weighted by atomic mass is 32.5. The summed E-state index contributed by atoms with van der Waals surface area (Å²) in [6.07, 6.45) is -5.02. The van der Waals surface area contributed by atoms with Gasteiger partial charge in [0, 0.05) is 11.8 Å². The molecule has 13 heteroatoms. The maximum atomic E-state index is 14.3. The zero-order valence-electron chi connectivity index (χ0n) is 11.6. The van der Waals surface area contributed by atoms with Crippen molar-refractivity contribution in [1.82, 2.24) is 8.90 Å². The first-order chi connectivity index (χ1) is 10.4. The number of aryl methyl sites for hydroxylation is 1. The van der Waals surface area contributed by atoms with Gasteiger partial charge in [0.2, 0.25) is 0 Å². The molecule has 2 heterocycles. The minimum atomic E-state index is -4.53. The molecule has 1 aliphatic rings. The number of ether oxygens (including phenoxy) is 1. The lowest BCUT2D eigenvalue weighted by atomic mass is 10.1. The number of aliphatic hydroxyl groups excluding tert-OH is 2. The minimum Gasteiger partial charge on any atom is -0.394 e. The van der Waals surface area contributed by atoms with E-state index in [1.165, 1.54) is 6.92 Å². The summed E-state index contributed by atoms with van der Waals surface area (Å²) in [6, 6.07) is 0. The smallest absolute Gasteiger partial charge is 0.340 e. The second kappa shape index (κ2) is 5.83. The van der Waals surface area contributed by atoms with Gasteiger partial charge in [0.15, 0.2) is 6.23 Å². The highest BCUT2D eigenvalue weighted by Gasteiger charge is 2.57. The summed E-state index contributed by atoms with van der Waals surface area (Å²) in [5, 5.41) is 28.3. The van der Waals surface area contributed by atoms with E-state index in [0.29, 0.717) is 4.57 Å². The standard InChI is InChI=1S/C10H14FN2O8PS/c1-4-2-12(9(17)13(7(4)16)22(19,20)23)8-10(11,18)6(15)5(3-14)21-8/h2,5-6,8,14-15,18H,3H2,1H3,(H2,19,20,23)/t5-,6-,8-,10-/m1/s1. The highest BCUT2D eigenvalue weighted by Crippen LogP contribution is 2.39. The lowest BCUT2D eigenvalue weighted by Crippen LogP contribution is -2.48. The molecule has 2 rings (SSSR count). The Hall–Kier alpha value is -0.980. The van der Waals surface area contributed by atoms with Crippen molar-refractivity contribution in [2.45, 2.75) is 31.2 Å². The van der Waals surface area contributed by atoms with E-state index in [2.05, 4.69) is 11.8 Å². The number of aliphatic hydroxyl groups is 3. The molecule has 4 atom stereocenters. The molecule has 0 aromatic carbocycles. The van der Waals surface area contributed by atoms with E-state index in [1.807, 2.05) is 0 Å². The van der Waals surface area contributed by atoms with Gasteiger partial charge in [0.25, 0.3) is 18.1 Å². The van der Waals surface area contributed by atoms with Crippen LogP contribution in [0.5, 0.6) is 0 Å². The summed E-state index contributed by atoms with van der Waals surface area (Å²) >= 11 is 4.33. The van der Waals surface area contributed by atoms with Crippen LogP contribution >= 0.6 is 6.64 Å². The SMILES string of the molecule is Cc1cn([C@@H]2O[C@H](CO)[C@@H](O)[C@]2(O)F)c(=O)n(P(O)(O)=S)c1=O. The number of aromatic nitrogens is 2. The van der Waals surface area contributed by atoms with E-state index in [4.69, 9.17) is 9.84 Å². The van der Waals surface area contributed by atoms with Gasteiger partial charge in [-0.3, -0.25) is 9.36 Å². The molecule has 0 amide bonds. The summed E-state index contributed by atoms with van der Waals surface area (Å²) in [5.41, 5.74) is -2.76. The first-order valence-corrected chi connectivity index (χ1v) is 8.85. The maximum Gasteiger partial charge on any atom is 0.340 e. The maximum absolute atomic E-state index is 14.3. The zero-order valence-corrected chi connectivity index (χ0v) is 13.3. The average Bonchev–Trinajstić information content (AvgIpc) is 2.64. The molecule has 0 aliphatic carbocycles. The molecule has 1 aromatic rings. The van der Waals surface area contributed by atoms with Crippen molar-refractivity contribution in [3.8, 4) is 0 Å². The molecule has 0 saturated carbocycles. The van der Waals surface area contributed by atoms with E-state index in [0.717, 1.165) is 6.20 Å². The third-order valence-electron chi connectivity index (χ3n) is 3.37. The Morgan fingerprint density at radius 1 is 1.48 bits per heavy atom. The van der Waals surface area contributed by atoms with Crippen LogP contribution < -0.4 is 11.2 Å². The summed E-state index contributed by atoms with van der Waals surface area (Å²) in [7, 11) is 0. The summed E-state index contributed by atoms with van der Waals surface area (Å²) in [6.45, 7) is -4.20. The van der Waals surface area contributed by atoms with Crippen molar-refractivity contribution in [2.75, 3.05) is 6.61 Å². The van der Waals surface area contributed by atoms with E-state index < -0.39 is 48.8 Å². The topological polar surface area (TPSA) is 154 Å². The first kappa shape index (κ1) is 18.4. The van der Waals surface area contributed by atoms with Crippen molar-refractivity contribution < 1.29 is 34.2 Å².